The Labute approximate surface area is 243 Å². The molecule has 7 rings (SSSR count). The summed E-state index contributed by atoms with van der Waals surface area (Å²) in [5.74, 6) is 0.476. The third kappa shape index (κ3) is 4.24. The SMILES string of the molecule is Cc1nc(F)ccc1-c1c(CNc2cc(Cl)c3ncc(C#N)c(NC4[C@H]5CCC[C@@H]45)c3c2)nnn1C1(C(F)(F)F)CC1. The number of rotatable bonds is 7. The standard InChI is InChI=1S/C29H25ClF4N8/c1-14-17(5-6-23(31)38-14)27-22(40-41-42(27)28(7-8-28)29(32,33)34)13-36-16-9-20-24(39-25-18-3-2-4-19(18)25)15(11-35)12-37-26(20)21(30)10-16/h5-6,9-10,12,18-19,25,36H,2-4,7-8,13H2,1H3,(H,37,39)/t18-,19+,25?. The van der Waals surface area contributed by atoms with E-state index in [2.05, 4.69) is 37.0 Å². The van der Waals surface area contributed by atoms with Crippen molar-refractivity contribution < 1.29 is 17.6 Å². The molecule has 0 radical (unpaired) electrons. The summed E-state index contributed by atoms with van der Waals surface area (Å²) in [6.07, 6.45) is 0.285. The smallest absolute Gasteiger partial charge is 0.380 e. The molecule has 1 aromatic carbocycles. The van der Waals surface area contributed by atoms with E-state index < -0.39 is 17.7 Å². The molecule has 42 heavy (non-hydrogen) atoms. The highest BCUT2D eigenvalue weighted by molar-refractivity contribution is 6.35. The minimum atomic E-state index is -4.54. The van der Waals surface area contributed by atoms with Crippen LogP contribution in [0.5, 0.6) is 0 Å². The van der Waals surface area contributed by atoms with E-state index in [0.717, 1.165) is 10.7 Å². The van der Waals surface area contributed by atoms with Crippen molar-refractivity contribution in [2.24, 2.45) is 11.8 Å². The number of aryl methyl sites for hydroxylation is 1. The molecule has 1 unspecified atom stereocenters. The van der Waals surface area contributed by atoms with Gasteiger partial charge in [0.1, 0.15) is 11.8 Å². The Bertz CT molecular complexity index is 1760. The van der Waals surface area contributed by atoms with E-state index in [0.29, 0.717) is 56.3 Å². The van der Waals surface area contributed by atoms with Crippen molar-refractivity contribution in [3.05, 3.63) is 58.4 Å². The van der Waals surface area contributed by atoms with Gasteiger partial charge in [-0.3, -0.25) is 4.98 Å². The maximum Gasteiger partial charge on any atom is 0.413 e. The minimum Gasteiger partial charge on any atom is -0.380 e. The Hall–Kier alpha value is -3.98. The summed E-state index contributed by atoms with van der Waals surface area (Å²) >= 11 is 6.63. The van der Waals surface area contributed by atoms with Gasteiger partial charge < -0.3 is 10.6 Å². The molecule has 3 aliphatic carbocycles. The molecule has 3 aromatic heterocycles. The van der Waals surface area contributed by atoms with Gasteiger partial charge in [-0.2, -0.15) is 22.8 Å². The van der Waals surface area contributed by atoms with Crippen molar-refractivity contribution in [2.45, 2.75) is 63.3 Å². The van der Waals surface area contributed by atoms with Gasteiger partial charge in [-0.15, -0.1) is 5.10 Å². The van der Waals surface area contributed by atoms with Crippen LogP contribution in [0.25, 0.3) is 22.2 Å². The Morgan fingerprint density at radius 2 is 1.95 bits per heavy atom. The molecule has 0 amide bonds. The number of anilines is 2. The number of benzene rings is 1. The summed E-state index contributed by atoms with van der Waals surface area (Å²) in [4.78, 5) is 8.23. The maximum absolute atomic E-state index is 14.1. The predicted molar refractivity (Wildman–Crippen MR) is 148 cm³/mol. The van der Waals surface area contributed by atoms with Crippen LogP contribution in [-0.2, 0) is 12.1 Å². The van der Waals surface area contributed by atoms with E-state index in [4.69, 9.17) is 11.6 Å². The van der Waals surface area contributed by atoms with E-state index in [-0.39, 0.29) is 36.5 Å². The molecule has 0 spiro atoms. The van der Waals surface area contributed by atoms with Crippen molar-refractivity contribution in [3.8, 4) is 17.3 Å². The average Bonchev–Trinajstić information content (AvgIpc) is 3.76. The van der Waals surface area contributed by atoms with E-state index in [9.17, 15) is 22.8 Å². The van der Waals surface area contributed by atoms with E-state index in [1.165, 1.54) is 38.4 Å². The first-order valence-electron chi connectivity index (χ1n) is 13.8. The zero-order valence-electron chi connectivity index (χ0n) is 22.4. The molecular weight excluding hydrogens is 572 g/mol. The van der Waals surface area contributed by atoms with Crippen molar-refractivity contribution in [1.82, 2.24) is 25.0 Å². The molecule has 0 aliphatic heterocycles. The largest absolute Gasteiger partial charge is 0.413 e. The van der Waals surface area contributed by atoms with Crippen LogP contribution >= 0.6 is 11.6 Å². The highest BCUT2D eigenvalue weighted by atomic mass is 35.5. The number of nitrogens with zero attached hydrogens (tertiary/aromatic N) is 6. The van der Waals surface area contributed by atoms with Crippen LogP contribution in [-0.4, -0.2) is 37.2 Å². The molecule has 13 heteroatoms. The topological polar surface area (TPSA) is 104 Å². The molecule has 3 atom stereocenters. The van der Waals surface area contributed by atoms with Crippen LogP contribution < -0.4 is 10.6 Å². The lowest BCUT2D eigenvalue weighted by atomic mass is 10.1. The van der Waals surface area contributed by atoms with Gasteiger partial charge in [-0.1, -0.05) is 23.2 Å². The number of fused-ring (bicyclic) bond motifs is 2. The van der Waals surface area contributed by atoms with Crippen LogP contribution in [0, 0.1) is 36.0 Å². The molecule has 3 heterocycles. The molecule has 2 N–H and O–H groups in total. The number of nitriles is 1. The summed E-state index contributed by atoms with van der Waals surface area (Å²) in [7, 11) is 0. The van der Waals surface area contributed by atoms with Gasteiger partial charge >= 0.3 is 6.18 Å². The lowest BCUT2D eigenvalue weighted by Gasteiger charge is -2.22. The molecule has 4 aromatic rings. The fraction of sp³-hybridized carbons (Fsp3) is 0.414. The monoisotopic (exact) mass is 596 g/mol. The molecule has 8 nitrogen and oxygen atoms in total. The summed E-state index contributed by atoms with van der Waals surface area (Å²) in [5, 5.41) is 25.7. The molecule has 0 saturated heterocycles. The van der Waals surface area contributed by atoms with E-state index in [1.54, 1.807) is 6.07 Å². The predicted octanol–water partition coefficient (Wildman–Crippen LogP) is 6.73. The number of nitrogens with one attached hydrogen (secondary N) is 2. The number of aromatic nitrogens is 5. The summed E-state index contributed by atoms with van der Waals surface area (Å²) in [6, 6.07) is 8.52. The number of alkyl halides is 3. The quantitative estimate of drug-likeness (QED) is 0.180. The fourth-order valence-corrected chi connectivity index (χ4v) is 6.77. The first-order chi connectivity index (χ1) is 20.1. The van der Waals surface area contributed by atoms with Gasteiger partial charge in [-0.05, 0) is 68.7 Å². The zero-order valence-corrected chi connectivity index (χ0v) is 23.2. The van der Waals surface area contributed by atoms with Gasteiger partial charge in [0, 0.05) is 34.6 Å². The van der Waals surface area contributed by atoms with Crippen molar-refractivity contribution in [2.75, 3.05) is 10.6 Å². The van der Waals surface area contributed by atoms with Crippen LogP contribution in [0.4, 0.5) is 28.9 Å². The van der Waals surface area contributed by atoms with Gasteiger partial charge in [0.05, 0.1) is 34.0 Å². The Morgan fingerprint density at radius 3 is 2.62 bits per heavy atom. The van der Waals surface area contributed by atoms with Crippen LogP contribution in [0.2, 0.25) is 5.02 Å². The second-order valence-electron chi connectivity index (χ2n) is 11.4. The van der Waals surface area contributed by atoms with Gasteiger partial charge in [0.15, 0.2) is 5.54 Å². The first-order valence-corrected chi connectivity index (χ1v) is 14.2. The zero-order chi connectivity index (χ0) is 29.4. The molecule has 3 saturated carbocycles. The summed E-state index contributed by atoms with van der Waals surface area (Å²) in [6.45, 7) is 1.54. The second-order valence-corrected chi connectivity index (χ2v) is 11.8. The van der Waals surface area contributed by atoms with Crippen molar-refractivity contribution >= 4 is 33.9 Å². The third-order valence-corrected chi connectivity index (χ3v) is 9.21. The normalized spacial score (nSPS) is 22.1. The third-order valence-electron chi connectivity index (χ3n) is 8.93. The van der Waals surface area contributed by atoms with Gasteiger partial charge in [0.25, 0.3) is 0 Å². The number of pyridine rings is 2. The van der Waals surface area contributed by atoms with Crippen LogP contribution in [0.15, 0.2) is 30.5 Å². The summed E-state index contributed by atoms with van der Waals surface area (Å²) in [5.41, 5.74) is 0.931. The van der Waals surface area contributed by atoms with E-state index in [1.807, 2.05) is 6.07 Å². The fourth-order valence-electron chi connectivity index (χ4n) is 6.51. The number of hydrogen-bond donors (Lipinski definition) is 2. The average molecular weight is 597 g/mol. The molecule has 3 aliphatic rings. The first kappa shape index (κ1) is 26.9. The molecule has 216 valence electrons. The lowest BCUT2D eigenvalue weighted by molar-refractivity contribution is -0.182. The van der Waals surface area contributed by atoms with Gasteiger partial charge in [0.2, 0.25) is 5.95 Å². The molecular formula is C29H25ClF4N8. The van der Waals surface area contributed by atoms with Crippen LogP contribution in [0.3, 0.4) is 0 Å². The number of hydrogen-bond acceptors (Lipinski definition) is 7. The second kappa shape index (κ2) is 9.52. The Kier molecular flexibility index (Phi) is 6.10. The summed E-state index contributed by atoms with van der Waals surface area (Å²) < 4.78 is 57.1. The van der Waals surface area contributed by atoms with Crippen LogP contribution in [0.1, 0.15) is 49.1 Å². The number of halogens is 5. The minimum absolute atomic E-state index is 0.00280. The molecule has 3 fully saturated rings. The Morgan fingerprint density at radius 1 is 1.19 bits per heavy atom. The van der Waals surface area contributed by atoms with Crippen molar-refractivity contribution in [1.29, 1.82) is 5.26 Å². The highest BCUT2D eigenvalue weighted by Crippen LogP contribution is 2.57. The van der Waals surface area contributed by atoms with Crippen molar-refractivity contribution in [3.63, 3.8) is 0 Å². The van der Waals surface area contributed by atoms with Gasteiger partial charge in [-0.25, -0.2) is 9.67 Å². The highest BCUT2D eigenvalue weighted by Gasteiger charge is 2.66. The maximum atomic E-state index is 14.1. The Balaban J connectivity index is 1.25. The lowest BCUT2D eigenvalue weighted by Crippen LogP contribution is -2.36. The molecule has 0 bridgehead atoms. The van der Waals surface area contributed by atoms with E-state index >= 15 is 0 Å².